The van der Waals surface area contributed by atoms with Crippen LogP contribution in [0.3, 0.4) is 0 Å². The van der Waals surface area contributed by atoms with Crippen LogP contribution in [0.1, 0.15) is 6.92 Å². The highest BCUT2D eigenvalue weighted by Gasteiger charge is 2.17. The summed E-state index contributed by atoms with van der Waals surface area (Å²) in [6.07, 6.45) is -0.643. The number of aromatic nitrogens is 2. The van der Waals surface area contributed by atoms with E-state index in [0.717, 1.165) is 16.3 Å². The molecule has 128 valence electrons. The highest BCUT2D eigenvalue weighted by atomic mass is 32.1. The van der Waals surface area contributed by atoms with Gasteiger partial charge in [-0.3, -0.25) is 10.1 Å². The molecule has 0 saturated heterocycles. The average molecular weight is 355 g/mol. The molecule has 3 aromatic rings. The Balaban J connectivity index is 1.63. The predicted molar refractivity (Wildman–Crippen MR) is 97.1 cm³/mol. The van der Waals surface area contributed by atoms with E-state index in [-0.39, 0.29) is 5.91 Å². The number of anilines is 1. The van der Waals surface area contributed by atoms with E-state index in [9.17, 15) is 4.79 Å². The van der Waals surface area contributed by atoms with E-state index in [1.165, 1.54) is 11.3 Å². The molecule has 1 N–H and O–H groups in total. The van der Waals surface area contributed by atoms with Crippen LogP contribution in [0.15, 0.2) is 54.6 Å². The molecule has 1 atom stereocenters. The Kier molecular flexibility index (Phi) is 5.25. The van der Waals surface area contributed by atoms with Crippen LogP contribution in [0.4, 0.5) is 5.13 Å². The zero-order valence-corrected chi connectivity index (χ0v) is 14.6. The van der Waals surface area contributed by atoms with Gasteiger partial charge >= 0.3 is 0 Å². The Morgan fingerprint density at radius 2 is 1.76 bits per heavy atom. The number of ether oxygens (including phenoxy) is 2. The molecule has 1 heterocycles. The lowest BCUT2D eigenvalue weighted by Crippen LogP contribution is -2.30. The first-order chi connectivity index (χ1) is 12.2. The molecule has 0 spiro atoms. The third-order valence-electron chi connectivity index (χ3n) is 3.42. The number of nitrogens with zero attached hydrogens (tertiary/aromatic N) is 2. The third-order valence-corrected chi connectivity index (χ3v) is 4.31. The van der Waals surface area contributed by atoms with Gasteiger partial charge in [0.05, 0.1) is 7.11 Å². The maximum absolute atomic E-state index is 12.2. The molecule has 1 aromatic heterocycles. The summed E-state index contributed by atoms with van der Waals surface area (Å²) in [6, 6.07) is 16.7. The minimum absolute atomic E-state index is 0.277. The summed E-state index contributed by atoms with van der Waals surface area (Å²) < 4.78 is 10.7. The molecule has 1 amide bonds. The molecule has 0 radical (unpaired) electrons. The molecule has 1 unspecified atom stereocenters. The minimum atomic E-state index is -0.643. The van der Waals surface area contributed by atoms with E-state index in [2.05, 4.69) is 15.5 Å². The first kappa shape index (κ1) is 16.9. The van der Waals surface area contributed by atoms with Crippen LogP contribution in [0.2, 0.25) is 0 Å². The lowest BCUT2D eigenvalue weighted by atomic mass is 10.2. The molecule has 6 nitrogen and oxygen atoms in total. The summed E-state index contributed by atoms with van der Waals surface area (Å²) >= 11 is 1.30. The summed E-state index contributed by atoms with van der Waals surface area (Å²) in [7, 11) is 1.62. The lowest BCUT2D eigenvalue weighted by Gasteiger charge is -2.13. The van der Waals surface area contributed by atoms with E-state index >= 15 is 0 Å². The second kappa shape index (κ2) is 7.76. The molecule has 0 bridgehead atoms. The molecule has 7 heteroatoms. The van der Waals surface area contributed by atoms with Crippen LogP contribution in [-0.4, -0.2) is 29.3 Å². The fraction of sp³-hybridized carbons (Fsp3) is 0.167. The number of rotatable bonds is 6. The average Bonchev–Trinajstić information content (AvgIpc) is 3.11. The van der Waals surface area contributed by atoms with Crippen LogP contribution in [0.5, 0.6) is 11.5 Å². The van der Waals surface area contributed by atoms with Gasteiger partial charge in [-0.25, -0.2) is 0 Å². The first-order valence-electron chi connectivity index (χ1n) is 7.66. The second-order valence-electron chi connectivity index (χ2n) is 5.20. The first-order valence-corrected chi connectivity index (χ1v) is 8.48. The van der Waals surface area contributed by atoms with Crippen molar-refractivity contribution in [1.82, 2.24) is 10.2 Å². The van der Waals surface area contributed by atoms with Crippen LogP contribution >= 0.6 is 11.3 Å². The maximum Gasteiger partial charge on any atom is 0.266 e. The monoisotopic (exact) mass is 355 g/mol. The van der Waals surface area contributed by atoms with Gasteiger partial charge in [0.15, 0.2) is 6.10 Å². The highest BCUT2D eigenvalue weighted by molar-refractivity contribution is 7.18. The summed E-state index contributed by atoms with van der Waals surface area (Å²) in [5.74, 6) is 1.14. The van der Waals surface area contributed by atoms with Crippen molar-refractivity contribution in [2.75, 3.05) is 12.4 Å². The number of nitrogens with one attached hydrogen (secondary N) is 1. The Bertz CT molecular complexity index is 834. The van der Waals surface area contributed by atoms with Gasteiger partial charge in [-0.1, -0.05) is 29.5 Å². The normalized spacial score (nSPS) is 11.6. The Labute approximate surface area is 149 Å². The Morgan fingerprint density at radius 1 is 1.04 bits per heavy atom. The van der Waals surface area contributed by atoms with Crippen molar-refractivity contribution >= 4 is 22.4 Å². The fourth-order valence-corrected chi connectivity index (χ4v) is 2.84. The maximum atomic E-state index is 12.2. The zero-order valence-electron chi connectivity index (χ0n) is 13.8. The molecule has 3 rings (SSSR count). The number of benzene rings is 2. The molecule has 0 saturated carbocycles. The summed E-state index contributed by atoms with van der Waals surface area (Å²) in [4.78, 5) is 12.2. The van der Waals surface area contributed by atoms with Crippen LogP contribution in [-0.2, 0) is 4.79 Å². The molecular weight excluding hydrogens is 338 g/mol. The van der Waals surface area contributed by atoms with Crippen molar-refractivity contribution in [3.05, 3.63) is 54.6 Å². The number of para-hydroxylation sites is 1. The standard InChI is InChI=1S/C18H17N3O3S/c1-12(24-15-6-4-3-5-7-15)16(22)19-18-21-20-17(25-18)13-8-10-14(23-2)11-9-13/h3-12H,1-2H3,(H,19,21,22). The second-order valence-corrected chi connectivity index (χ2v) is 6.18. The number of hydrogen-bond donors (Lipinski definition) is 1. The number of hydrogen-bond acceptors (Lipinski definition) is 6. The number of methoxy groups -OCH3 is 1. The van der Waals surface area contributed by atoms with Crippen LogP contribution in [0, 0.1) is 0 Å². The third kappa shape index (κ3) is 4.33. The molecule has 0 aliphatic heterocycles. The van der Waals surface area contributed by atoms with E-state index in [4.69, 9.17) is 9.47 Å². The van der Waals surface area contributed by atoms with Gasteiger partial charge in [0.2, 0.25) is 5.13 Å². The minimum Gasteiger partial charge on any atom is -0.497 e. The van der Waals surface area contributed by atoms with E-state index in [0.29, 0.717) is 10.9 Å². The van der Waals surface area contributed by atoms with Crippen molar-refractivity contribution in [1.29, 1.82) is 0 Å². The van der Waals surface area contributed by atoms with Crippen molar-refractivity contribution < 1.29 is 14.3 Å². The largest absolute Gasteiger partial charge is 0.497 e. The molecular formula is C18H17N3O3S. The van der Waals surface area contributed by atoms with Crippen molar-refractivity contribution in [2.45, 2.75) is 13.0 Å². The Morgan fingerprint density at radius 3 is 2.44 bits per heavy atom. The summed E-state index contributed by atoms with van der Waals surface area (Å²) in [5, 5.41) is 12.0. The van der Waals surface area contributed by atoms with Gasteiger partial charge in [0.25, 0.3) is 5.91 Å². The predicted octanol–water partition coefficient (Wildman–Crippen LogP) is 3.62. The van der Waals surface area contributed by atoms with Crippen LogP contribution < -0.4 is 14.8 Å². The molecule has 0 aliphatic rings. The van der Waals surface area contributed by atoms with E-state index in [1.54, 1.807) is 26.2 Å². The quantitative estimate of drug-likeness (QED) is 0.731. The van der Waals surface area contributed by atoms with Gasteiger partial charge < -0.3 is 9.47 Å². The number of amides is 1. The summed E-state index contributed by atoms with van der Waals surface area (Å²) in [5.41, 5.74) is 0.910. The Hall–Kier alpha value is -2.93. The topological polar surface area (TPSA) is 73.3 Å². The van der Waals surface area contributed by atoms with Gasteiger partial charge in [0, 0.05) is 5.56 Å². The van der Waals surface area contributed by atoms with Crippen molar-refractivity contribution in [2.24, 2.45) is 0 Å². The highest BCUT2D eigenvalue weighted by Crippen LogP contribution is 2.27. The van der Waals surface area contributed by atoms with Gasteiger partial charge in [-0.15, -0.1) is 10.2 Å². The van der Waals surface area contributed by atoms with Gasteiger partial charge in [0.1, 0.15) is 16.5 Å². The molecule has 0 aliphatic carbocycles. The summed E-state index contributed by atoms with van der Waals surface area (Å²) in [6.45, 7) is 1.69. The molecule has 2 aromatic carbocycles. The number of carbonyl (C=O) groups is 1. The van der Waals surface area contributed by atoms with Crippen molar-refractivity contribution in [3.63, 3.8) is 0 Å². The van der Waals surface area contributed by atoms with Gasteiger partial charge in [-0.2, -0.15) is 0 Å². The SMILES string of the molecule is COc1ccc(-c2nnc(NC(=O)C(C)Oc3ccccc3)s2)cc1. The van der Waals surface area contributed by atoms with Gasteiger partial charge in [-0.05, 0) is 43.3 Å². The zero-order chi connectivity index (χ0) is 17.6. The smallest absolute Gasteiger partial charge is 0.266 e. The van der Waals surface area contributed by atoms with Crippen molar-refractivity contribution in [3.8, 4) is 22.1 Å². The fourth-order valence-electron chi connectivity index (χ4n) is 2.09. The van der Waals surface area contributed by atoms with E-state index < -0.39 is 6.10 Å². The molecule has 25 heavy (non-hydrogen) atoms. The van der Waals surface area contributed by atoms with E-state index in [1.807, 2.05) is 42.5 Å². The van der Waals surface area contributed by atoms with Crippen LogP contribution in [0.25, 0.3) is 10.6 Å². The lowest BCUT2D eigenvalue weighted by molar-refractivity contribution is -0.122. The molecule has 0 fully saturated rings. The number of carbonyl (C=O) groups excluding carboxylic acids is 1.